The van der Waals surface area contributed by atoms with Gasteiger partial charge in [0.15, 0.2) is 11.5 Å². The Morgan fingerprint density at radius 1 is 1.43 bits per heavy atom. The smallest absolute Gasteiger partial charge is 0.160 e. The molecular formula is C10H10N2O2. The van der Waals surface area contributed by atoms with Gasteiger partial charge in [0, 0.05) is 18.0 Å². The van der Waals surface area contributed by atoms with Gasteiger partial charge in [-0.25, -0.2) is 4.98 Å². The van der Waals surface area contributed by atoms with Crippen LogP contribution >= 0.6 is 0 Å². The molecule has 4 heteroatoms. The van der Waals surface area contributed by atoms with Crippen molar-refractivity contribution >= 4 is 0 Å². The van der Waals surface area contributed by atoms with Gasteiger partial charge in [0.2, 0.25) is 0 Å². The van der Waals surface area contributed by atoms with Gasteiger partial charge >= 0.3 is 0 Å². The Balaban J connectivity index is 2.43. The molecular weight excluding hydrogens is 180 g/mol. The van der Waals surface area contributed by atoms with Gasteiger partial charge < -0.3 is 14.8 Å². The van der Waals surface area contributed by atoms with Crippen molar-refractivity contribution < 1.29 is 9.84 Å². The van der Waals surface area contributed by atoms with Crippen molar-refractivity contribution in [2.45, 2.75) is 0 Å². The molecule has 2 rings (SSSR count). The first-order valence-corrected chi connectivity index (χ1v) is 4.18. The van der Waals surface area contributed by atoms with Crippen LogP contribution in [0.4, 0.5) is 0 Å². The fraction of sp³-hybridized carbons (Fsp3) is 0.100. The molecule has 0 radical (unpaired) electrons. The quantitative estimate of drug-likeness (QED) is 0.759. The highest BCUT2D eigenvalue weighted by Gasteiger charge is 2.05. The van der Waals surface area contributed by atoms with E-state index >= 15 is 0 Å². The number of imidazole rings is 1. The zero-order valence-electron chi connectivity index (χ0n) is 7.69. The van der Waals surface area contributed by atoms with Crippen LogP contribution in [-0.2, 0) is 0 Å². The van der Waals surface area contributed by atoms with E-state index in [1.807, 2.05) is 6.07 Å². The first-order chi connectivity index (χ1) is 6.81. The molecule has 14 heavy (non-hydrogen) atoms. The van der Waals surface area contributed by atoms with Gasteiger partial charge in [-0.15, -0.1) is 0 Å². The Morgan fingerprint density at radius 3 is 2.86 bits per heavy atom. The van der Waals surface area contributed by atoms with E-state index in [9.17, 15) is 5.11 Å². The van der Waals surface area contributed by atoms with Crippen LogP contribution in [0.25, 0.3) is 11.4 Å². The lowest BCUT2D eigenvalue weighted by Crippen LogP contribution is -1.85. The molecule has 0 saturated carbocycles. The second kappa shape index (κ2) is 3.41. The summed E-state index contributed by atoms with van der Waals surface area (Å²) in [5.74, 6) is 1.30. The van der Waals surface area contributed by atoms with Gasteiger partial charge in [-0.2, -0.15) is 0 Å². The zero-order chi connectivity index (χ0) is 9.97. The van der Waals surface area contributed by atoms with Gasteiger partial charge in [0.05, 0.1) is 7.11 Å². The summed E-state index contributed by atoms with van der Waals surface area (Å²) < 4.78 is 4.94. The minimum atomic E-state index is 0.112. The van der Waals surface area contributed by atoms with Gasteiger partial charge in [-0.1, -0.05) is 0 Å². The lowest BCUT2D eigenvalue weighted by Gasteiger charge is -2.03. The summed E-state index contributed by atoms with van der Waals surface area (Å²) in [5.41, 5.74) is 0.827. The van der Waals surface area contributed by atoms with E-state index in [2.05, 4.69) is 9.97 Å². The number of aromatic hydroxyl groups is 1. The van der Waals surface area contributed by atoms with E-state index in [-0.39, 0.29) is 5.75 Å². The number of phenolic OH excluding ortho intramolecular Hbond substituents is 1. The van der Waals surface area contributed by atoms with Crippen molar-refractivity contribution in [2.75, 3.05) is 7.11 Å². The molecule has 4 nitrogen and oxygen atoms in total. The van der Waals surface area contributed by atoms with Gasteiger partial charge in [0.1, 0.15) is 5.82 Å². The topological polar surface area (TPSA) is 58.1 Å². The van der Waals surface area contributed by atoms with Crippen molar-refractivity contribution in [1.29, 1.82) is 0 Å². The summed E-state index contributed by atoms with van der Waals surface area (Å²) in [6.07, 6.45) is 3.40. The average Bonchev–Trinajstić information content (AvgIpc) is 2.70. The number of ether oxygens (including phenoxy) is 1. The third-order valence-corrected chi connectivity index (χ3v) is 1.95. The largest absolute Gasteiger partial charge is 0.504 e. The molecule has 1 aromatic carbocycles. The molecule has 0 fully saturated rings. The third kappa shape index (κ3) is 1.42. The van der Waals surface area contributed by atoms with Crippen molar-refractivity contribution in [3.8, 4) is 22.9 Å². The van der Waals surface area contributed by atoms with Crippen molar-refractivity contribution in [1.82, 2.24) is 9.97 Å². The van der Waals surface area contributed by atoms with Crippen LogP contribution in [0.2, 0.25) is 0 Å². The number of aromatic nitrogens is 2. The van der Waals surface area contributed by atoms with Crippen LogP contribution in [-0.4, -0.2) is 22.2 Å². The van der Waals surface area contributed by atoms with Crippen LogP contribution in [0, 0.1) is 0 Å². The maximum atomic E-state index is 9.52. The average molecular weight is 190 g/mol. The Labute approximate surface area is 81.2 Å². The summed E-state index contributed by atoms with van der Waals surface area (Å²) >= 11 is 0. The SMILES string of the molecule is COc1ccc(-c2ncc[nH]2)cc1O. The number of phenols is 1. The van der Waals surface area contributed by atoms with E-state index in [0.717, 1.165) is 11.4 Å². The van der Waals surface area contributed by atoms with Crippen LogP contribution in [0.15, 0.2) is 30.6 Å². The van der Waals surface area contributed by atoms with Crippen LogP contribution in [0.1, 0.15) is 0 Å². The van der Waals surface area contributed by atoms with Crippen molar-refractivity contribution in [2.24, 2.45) is 0 Å². The minimum absolute atomic E-state index is 0.112. The van der Waals surface area contributed by atoms with E-state index < -0.39 is 0 Å². The standard InChI is InChI=1S/C10H10N2O2/c1-14-9-3-2-7(6-8(9)13)10-11-4-5-12-10/h2-6,13H,1H3,(H,11,12). The minimum Gasteiger partial charge on any atom is -0.504 e. The van der Waals surface area contributed by atoms with E-state index in [1.54, 1.807) is 24.5 Å². The van der Waals surface area contributed by atoms with Crippen LogP contribution in [0.5, 0.6) is 11.5 Å². The maximum Gasteiger partial charge on any atom is 0.160 e. The van der Waals surface area contributed by atoms with Gasteiger partial charge in [0.25, 0.3) is 0 Å². The number of H-pyrrole nitrogens is 1. The molecule has 1 aromatic heterocycles. The fourth-order valence-corrected chi connectivity index (χ4v) is 1.26. The van der Waals surface area contributed by atoms with Crippen molar-refractivity contribution in [3.63, 3.8) is 0 Å². The molecule has 0 unspecified atom stereocenters. The summed E-state index contributed by atoms with van der Waals surface area (Å²) in [7, 11) is 1.52. The summed E-state index contributed by atoms with van der Waals surface area (Å²) in [6.45, 7) is 0. The van der Waals surface area contributed by atoms with E-state index in [0.29, 0.717) is 5.75 Å². The number of rotatable bonds is 2. The molecule has 1 heterocycles. The highest BCUT2D eigenvalue weighted by molar-refractivity contribution is 5.60. The molecule has 2 aromatic rings. The number of nitrogens with one attached hydrogen (secondary N) is 1. The lowest BCUT2D eigenvalue weighted by atomic mass is 10.2. The molecule has 0 aliphatic heterocycles. The Kier molecular flexibility index (Phi) is 2.10. The molecule has 0 atom stereocenters. The van der Waals surface area contributed by atoms with Crippen LogP contribution < -0.4 is 4.74 Å². The number of benzene rings is 1. The summed E-state index contributed by atoms with van der Waals surface area (Å²) in [4.78, 5) is 7.03. The first-order valence-electron chi connectivity index (χ1n) is 4.18. The monoisotopic (exact) mass is 190 g/mol. The molecule has 0 aliphatic rings. The molecule has 0 spiro atoms. The third-order valence-electron chi connectivity index (χ3n) is 1.95. The second-order valence-corrected chi connectivity index (χ2v) is 2.82. The molecule has 0 amide bonds. The van der Waals surface area contributed by atoms with Crippen LogP contribution in [0.3, 0.4) is 0 Å². The highest BCUT2D eigenvalue weighted by Crippen LogP contribution is 2.29. The van der Waals surface area contributed by atoms with Gasteiger partial charge in [-0.05, 0) is 18.2 Å². The first kappa shape index (κ1) is 8.62. The number of hydrogen-bond donors (Lipinski definition) is 2. The zero-order valence-corrected chi connectivity index (χ0v) is 7.69. The normalized spacial score (nSPS) is 10.1. The maximum absolute atomic E-state index is 9.52. The predicted molar refractivity (Wildman–Crippen MR) is 52.2 cm³/mol. The Hall–Kier alpha value is -1.97. The fourth-order valence-electron chi connectivity index (χ4n) is 1.26. The molecule has 2 N–H and O–H groups in total. The summed E-state index contributed by atoms with van der Waals surface area (Å²) in [6, 6.07) is 5.14. The van der Waals surface area contributed by atoms with E-state index in [4.69, 9.17) is 4.74 Å². The van der Waals surface area contributed by atoms with Crippen molar-refractivity contribution in [3.05, 3.63) is 30.6 Å². The Morgan fingerprint density at radius 2 is 2.29 bits per heavy atom. The van der Waals surface area contributed by atoms with Gasteiger partial charge in [-0.3, -0.25) is 0 Å². The molecule has 72 valence electrons. The Bertz CT molecular complexity index is 424. The molecule has 0 saturated heterocycles. The highest BCUT2D eigenvalue weighted by atomic mass is 16.5. The molecule has 0 aliphatic carbocycles. The number of nitrogens with zero attached hydrogens (tertiary/aromatic N) is 1. The number of aromatic amines is 1. The number of methoxy groups -OCH3 is 1. The number of hydrogen-bond acceptors (Lipinski definition) is 3. The van der Waals surface area contributed by atoms with E-state index in [1.165, 1.54) is 7.11 Å². The molecule has 0 bridgehead atoms. The predicted octanol–water partition coefficient (Wildman–Crippen LogP) is 1.79. The lowest BCUT2D eigenvalue weighted by molar-refractivity contribution is 0.373. The summed E-state index contributed by atoms with van der Waals surface area (Å²) in [5, 5.41) is 9.52. The second-order valence-electron chi connectivity index (χ2n) is 2.82.